The molecule has 0 unspecified atom stereocenters. The fourth-order valence-electron chi connectivity index (χ4n) is 0.379. The van der Waals surface area contributed by atoms with E-state index < -0.39 is 22.0 Å². The molecule has 0 aliphatic heterocycles. The standard InChI is InChI=1S/C4H10N2O3S/c1-3(4(5)7)6-10(2,8)9/h3,6H,1-2H3,(H2,5,7)/t3-/m1/s1. The van der Waals surface area contributed by atoms with Gasteiger partial charge in [0.15, 0.2) is 0 Å². The predicted molar refractivity (Wildman–Crippen MR) is 36.6 cm³/mol. The quantitative estimate of drug-likeness (QED) is 0.529. The molecule has 10 heavy (non-hydrogen) atoms. The van der Waals surface area contributed by atoms with Gasteiger partial charge < -0.3 is 5.73 Å². The summed E-state index contributed by atoms with van der Waals surface area (Å²) in [7, 11) is -3.32. The van der Waals surface area contributed by atoms with Crippen LogP contribution in [0, 0.1) is 0 Å². The summed E-state index contributed by atoms with van der Waals surface area (Å²) in [6.45, 7) is 1.38. The van der Waals surface area contributed by atoms with Crippen molar-refractivity contribution >= 4 is 15.9 Å². The Balaban J connectivity index is 4.06. The molecule has 5 nitrogen and oxygen atoms in total. The zero-order valence-corrected chi connectivity index (χ0v) is 6.60. The summed E-state index contributed by atoms with van der Waals surface area (Å²) in [5.41, 5.74) is 4.78. The topological polar surface area (TPSA) is 89.3 Å². The van der Waals surface area contributed by atoms with Gasteiger partial charge in [0.1, 0.15) is 0 Å². The number of nitrogens with two attached hydrogens (primary N) is 1. The largest absolute Gasteiger partial charge is 0.368 e. The maximum atomic E-state index is 10.4. The molecule has 6 heteroatoms. The molecule has 60 valence electrons. The van der Waals surface area contributed by atoms with E-state index in [1.165, 1.54) is 6.92 Å². The van der Waals surface area contributed by atoms with Crippen molar-refractivity contribution < 1.29 is 13.2 Å². The Kier molecular flexibility index (Phi) is 2.79. The third-order valence-electron chi connectivity index (χ3n) is 0.818. The van der Waals surface area contributed by atoms with E-state index in [1.807, 2.05) is 4.72 Å². The van der Waals surface area contributed by atoms with Crippen molar-refractivity contribution in [3.63, 3.8) is 0 Å². The number of amides is 1. The molecule has 0 saturated carbocycles. The summed E-state index contributed by atoms with van der Waals surface area (Å²) in [4.78, 5) is 10.3. The highest BCUT2D eigenvalue weighted by Gasteiger charge is 2.12. The minimum Gasteiger partial charge on any atom is -0.368 e. The van der Waals surface area contributed by atoms with Crippen molar-refractivity contribution in [3.8, 4) is 0 Å². The van der Waals surface area contributed by atoms with E-state index in [4.69, 9.17) is 5.73 Å². The first-order valence-electron chi connectivity index (χ1n) is 2.59. The molecule has 0 aromatic carbocycles. The monoisotopic (exact) mass is 166 g/mol. The second kappa shape index (κ2) is 2.98. The molecule has 0 fully saturated rings. The van der Waals surface area contributed by atoms with E-state index in [0.29, 0.717) is 0 Å². The Bertz CT molecular complexity index is 221. The molecule has 0 aromatic rings. The molecule has 0 rings (SSSR count). The van der Waals surface area contributed by atoms with Crippen molar-refractivity contribution in [1.82, 2.24) is 4.72 Å². The lowest BCUT2D eigenvalue weighted by atomic mass is 10.4. The van der Waals surface area contributed by atoms with E-state index in [9.17, 15) is 13.2 Å². The Labute approximate surface area is 59.6 Å². The minimum atomic E-state index is -3.32. The van der Waals surface area contributed by atoms with Gasteiger partial charge in [-0.2, -0.15) is 0 Å². The molecule has 0 aromatic heterocycles. The van der Waals surface area contributed by atoms with Crippen molar-refractivity contribution in [2.45, 2.75) is 13.0 Å². The third-order valence-corrected chi connectivity index (χ3v) is 1.60. The van der Waals surface area contributed by atoms with Crippen LogP contribution < -0.4 is 10.5 Å². The summed E-state index contributed by atoms with van der Waals surface area (Å²) in [6, 6.07) is -0.838. The van der Waals surface area contributed by atoms with Gasteiger partial charge in [-0.05, 0) is 6.92 Å². The zero-order chi connectivity index (χ0) is 8.36. The van der Waals surface area contributed by atoms with Crippen LogP contribution in [-0.2, 0) is 14.8 Å². The molecule has 0 saturated heterocycles. The fraction of sp³-hybridized carbons (Fsp3) is 0.750. The molecule has 0 aliphatic rings. The van der Waals surface area contributed by atoms with E-state index in [1.54, 1.807) is 0 Å². The van der Waals surface area contributed by atoms with Crippen LogP contribution in [0.3, 0.4) is 0 Å². The molecule has 1 amide bonds. The summed E-state index contributed by atoms with van der Waals surface area (Å²) in [5.74, 6) is -0.689. The number of rotatable bonds is 3. The number of hydrogen-bond donors (Lipinski definition) is 2. The smallest absolute Gasteiger partial charge is 0.235 e. The van der Waals surface area contributed by atoms with Crippen LogP contribution in [0.1, 0.15) is 6.92 Å². The molecular weight excluding hydrogens is 156 g/mol. The number of primary amides is 1. The Morgan fingerprint density at radius 2 is 2.00 bits per heavy atom. The van der Waals surface area contributed by atoms with Crippen molar-refractivity contribution in [2.24, 2.45) is 5.73 Å². The van der Waals surface area contributed by atoms with Gasteiger partial charge in [-0.1, -0.05) is 0 Å². The normalized spacial score (nSPS) is 14.6. The van der Waals surface area contributed by atoms with Crippen molar-refractivity contribution in [1.29, 1.82) is 0 Å². The maximum Gasteiger partial charge on any atom is 0.235 e. The Morgan fingerprint density at radius 1 is 1.60 bits per heavy atom. The number of carbonyl (C=O) groups is 1. The highest BCUT2D eigenvalue weighted by atomic mass is 32.2. The molecule has 0 radical (unpaired) electrons. The highest BCUT2D eigenvalue weighted by molar-refractivity contribution is 7.88. The minimum absolute atomic E-state index is 0.689. The van der Waals surface area contributed by atoms with Crippen LogP contribution in [0.2, 0.25) is 0 Å². The lowest BCUT2D eigenvalue weighted by Gasteiger charge is -2.05. The fourth-order valence-corrected chi connectivity index (χ4v) is 1.14. The van der Waals surface area contributed by atoms with Crippen molar-refractivity contribution in [3.05, 3.63) is 0 Å². The number of hydrogen-bond acceptors (Lipinski definition) is 3. The summed E-state index contributed by atoms with van der Waals surface area (Å²) < 4.78 is 22.9. The molecule has 0 spiro atoms. The summed E-state index contributed by atoms with van der Waals surface area (Å²) >= 11 is 0. The van der Waals surface area contributed by atoms with Crippen LogP contribution in [0.4, 0.5) is 0 Å². The SMILES string of the molecule is C[C@@H](NS(C)(=O)=O)C(N)=O. The Morgan fingerprint density at radius 3 is 2.10 bits per heavy atom. The van der Waals surface area contributed by atoms with E-state index >= 15 is 0 Å². The second-order valence-electron chi connectivity index (χ2n) is 2.01. The number of nitrogens with one attached hydrogen (secondary N) is 1. The predicted octanol–water partition coefficient (Wildman–Crippen LogP) is -1.59. The molecule has 0 bridgehead atoms. The van der Waals surface area contributed by atoms with Gasteiger partial charge in [0.25, 0.3) is 0 Å². The second-order valence-corrected chi connectivity index (χ2v) is 3.79. The summed E-state index contributed by atoms with van der Waals surface area (Å²) in [5, 5.41) is 0. The van der Waals surface area contributed by atoms with E-state index in [0.717, 1.165) is 6.26 Å². The molecule has 3 N–H and O–H groups in total. The van der Waals surface area contributed by atoms with Gasteiger partial charge in [0.05, 0.1) is 12.3 Å². The Hall–Kier alpha value is -0.620. The van der Waals surface area contributed by atoms with Gasteiger partial charge in [-0.15, -0.1) is 0 Å². The van der Waals surface area contributed by atoms with Gasteiger partial charge in [0.2, 0.25) is 15.9 Å². The van der Waals surface area contributed by atoms with Crippen LogP contribution in [-0.4, -0.2) is 26.6 Å². The average Bonchev–Trinajstić information content (AvgIpc) is 1.60. The molecule has 1 atom stereocenters. The van der Waals surface area contributed by atoms with Crippen LogP contribution in [0.15, 0.2) is 0 Å². The molecule has 0 aliphatic carbocycles. The van der Waals surface area contributed by atoms with Crippen LogP contribution >= 0.6 is 0 Å². The summed E-state index contributed by atoms with van der Waals surface area (Å²) in [6.07, 6.45) is 0.965. The van der Waals surface area contributed by atoms with Crippen molar-refractivity contribution in [2.75, 3.05) is 6.26 Å². The third kappa shape index (κ3) is 4.28. The number of sulfonamides is 1. The molecule has 0 heterocycles. The van der Waals surface area contributed by atoms with Gasteiger partial charge >= 0.3 is 0 Å². The highest BCUT2D eigenvalue weighted by Crippen LogP contribution is 1.82. The maximum absolute atomic E-state index is 10.4. The number of carbonyl (C=O) groups excluding carboxylic acids is 1. The first-order chi connectivity index (χ1) is 4.33. The van der Waals surface area contributed by atoms with Gasteiger partial charge in [0, 0.05) is 0 Å². The van der Waals surface area contributed by atoms with Gasteiger partial charge in [-0.3, -0.25) is 4.79 Å². The first-order valence-corrected chi connectivity index (χ1v) is 4.48. The first kappa shape index (κ1) is 9.38. The average molecular weight is 166 g/mol. The zero-order valence-electron chi connectivity index (χ0n) is 5.79. The van der Waals surface area contributed by atoms with Gasteiger partial charge in [-0.25, -0.2) is 13.1 Å². The van der Waals surface area contributed by atoms with Crippen LogP contribution in [0.25, 0.3) is 0 Å². The van der Waals surface area contributed by atoms with E-state index in [2.05, 4.69) is 0 Å². The van der Waals surface area contributed by atoms with E-state index in [-0.39, 0.29) is 0 Å². The lowest BCUT2D eigenvalue weighted by molar-refractivity contribution is -0.119. The lowest BCUT2D eigenvalue weighted by Crippen LogP contribution is -2.41. The molecular formula is C4H10N2O3S. The van der Waals surface area contributed by atoms with Crippen LogP contribution in [0.5, 0.6) is 0 Å².